The van der Waals surface area contributed by atoms with E-state index in [9.17, 15) is 14.4 Å². The molecule has 0 aliphatic carbocycles. The lowest BCUT2D eigenvalue weighted by Gasteiger charge is -2.13. The summed E-state index contributed by atoms with van der Waals surface area (Å²) >= 11 is 0. The zero-order chi connectivity index (χ0) is 22.2. The maximum Gasteiger partial charge on any atom is 0.255 e. The molecule has 0 spiro atoms. The van der Waals surface area contributed by atoms with Gasteiger partial charge in [0.2, 0.25) is 11.8 Å². The predicted molar refractivity (Wildman–Crippen MR) is 124 cm³/mol. The molecule has 6 heteroatoms. The highest BCUT2D eigenvalue weighted by Crippen LogP contribution is 2.24. The minimum Gasteiger partial charge on any atom is -0.326 e. The second-order valence-electron chi connectivity index (χ2n) is 6.92. The summed E-state index contributed by atoms with van der Waals surface area (Å²) in [7, 11) is 0. The fourth-order valence-electron chi connectivity index (χ4n) is 2.92. The number of carbonyl (C=O) groups excluding carboxylic acids is 3. The Balaban J connectivity index is 1.65. The number of hydrogen-bond acceptors (Lipinski definition) is 3. The Morgan fingerprint density at radius 3 is 2.03 bits per heavy atom. The number of rotatable bonds is 6. The zero-order valence-electron chi connectivity index (χ0n) is 17.3. The van der Waals surface area contributed by atoms with Crippen molar-refractivity contribution in [3.8, 4) is 0 Å². The monoisotopic (exact) mass is 413 g/mol. The van der Waals surface area contributed by atoms with E-state index < -0.39 is 0 Å². The molecular formula is C25H23N3O3. The van der Waals surface area contributed by atoms with Gasteiger partial charge in [0.25, 0.3) is 5.91 Å². The third kappa shape index (κ3) is 6.14. The molecular weight excluding hydrogens is 390 g/mol. The number of anilines is 3. The molecule has 0 saturated heterocycles. The summed E-state index contributed by atoms with van der Waals surface area (Å²) < 4.78 is 0. The SMILES string of the molecule is CC(=O)Nc1ccc(C=CC(=O)Nc2cccc(NC(=O)c3ccccc3)c2C)cc1. The van der Waals surface area contributed by atoms with Crippen LogP contribution in [-0.2, 0) is 9.59 Å². The average Bonchev–Trinajstić information content (AvgIpc) is 2.76. The molecule has 6 nitrogen and oxygen atoms in total. The Morgan fingerprint density at radius 2 is 1.39 bits per heavy atom. The molecule has 0 bridgehead atoms. The first-order valence-electron chi connectivity index (χ1n) is 9.75. The molecule has 3 aromatic carbocycles. The van der Waals surface area contributed by atoms with Crippen molar-refractivity contribution in [1.29, 1.82) is 0 Å². The second-order valence-corrected chi connectivity index (χ2v) is 6.92. The van der Waals surface area contributed by atoms with E-state index in [1.54, 1.807) is 72.8 Å². The molecule has 3 rings (SSSR count). The standard InChI is InChI=1S/C25H23N3O3/c1-17-22(9-6-10-23(17)28-25(31)20-7-4-3-5-8-20)27-24(30)16-13-19-11-14-21(15-12-19)26-18(2)29/h3-16H,1-2H3,(H,26,29)(H,27,30)(H,28,31). The first-order chi connectivity index (χ1) is 14.9. The van der Waals surface area contributed by atoms with Crippen LogP contribution in [-0.4, -0.2) is 17.7 Å². The molecule has 31 heavy (non-hydrogen) atoms. The highest BCUT2D eigenvalue weighted by molar-refractivity contribution is 6.06. The van der Waals surface area contributed by atoms with E-state index in [4.69, 9.17) is 0 Å². The minimum atomic E-state index is -0.291. The predicted octanol–water partition coefficient (Wildman–Crippen LogP) is 4.86. The number of amides is 3. The Bertz CT molecular complexity index is 1120. The van der Waals surface area contributed by atoms with Gasteiger partial charge in [-0.1, -0.05) is 36.4 Å². The van der Waals surface area contributed by atoms with Gasteiger partial charge in [0.1, 0.15) is 0 Å². The van der Waals surface area contributed by atoms with Gasteiger partial charge in [-0.2, -0.15) is 0 Å². The Morgan fingerprint density at radius 1 is 0.742 bits per heavy atom. The van der Waals surface area contributed by atoms with Crippen LogP contribution < -0.4 is 16.0 Å². The molecule has 0 radical (unpaired) electrons. The zero-order valence-corrected chi connectivity index (χ0v) is 17.3. The molecule has 3 N–H and O–H groups in total. The quantitative estimate of drug-likeness (QED) is 0.505. The minimum absolute atomic E-state index is 0.139. The molecule has 0 heterocycles. The number of benzene rings is 3. The van der Waals surface area contributed by atoms with Crippen molar-refractivity contribution in [3.63, 3.8) is 0 Å². The van der Waals surface area contributed by atoms with Gasteiger partial charge in [0.05, 0.1) is 0 Å². The summed E-state index contributed by atoms with van der Waals surface area (Å²) in [5.41, 5.74) is 4.08. The molecule has 0 aliphatic rings. The molecule has 3 aromatic rings. The summed E-state index contributed by atoms with van der Waals surface area (Å²) in [4.78, 5) is 35.8. The topological polar surface area (TPSA) is 87.3 Å². The Labute approximate surface area is 181 Å². The Kier molecular flexibility index (Phi) is 6.96. The van der Waals surface area contributed by atoms with Crippen LogP contribution in [0.25, 0.3) is 6.08 Å². The smallest absolute Gasteiger partial charge is 0.255 e. The summed E-state index contributed by atoms with van der Waals surface area (Å²) in [5, 5.41) is 8.41. The lowest BCUT2D eigenvalue weighted by Crippen LogP contribution is -2.14. The first kappa shape index (κ1) is 21.5. The third-order valence-corrected chi connectivity index (χ3v) is 4.53. The van der Waals surface area contributed by atoms with E-state index in [0.717, 1.165) is 11.1 Å². The third-order valence-electron chi connectivity index (χ3n) is 4.53. The first-order valence-corrected chi connectivity index (χ1v) is 9.75. The second kappa shape index (κ2) is 10.0. The van der Waals surface area contributed by atoms with Gasteiger partial charge in [-0.15, -0.1) is 0 Å². The molecule has 3 amide bonds. The van der Waals surface area contributed by atoms with Crippen LogP contribution in [0.3, 0.4) is 0 Å². The van der Waals surface area contributed by atoms with Gasteiger partial charge in [0.15, 0.2) is 0 Å². The lowest BCUT2D eigenvalue weighted by molar-refractivity contribution is -0.114. The van der Waals surface area contributed by atoms with Crippen LogP contribution in [0.5, 0.6) is 0 Å². The Hall–Kier alpha value is -4.19. The fraction of sp³-hybridized carbons (Fsp3) is 0.0800. The van der Waals surface area contributed by atoms with Gasteiger partial charge in [-0.3, -0.25) is 14.4 Å². The molecule has 156 valence electrons. The summed E-state index contributed by atoms with van der Waals surface area (Å²) in [6.07, 6.45) is 3.12. The van der Waals surface area contributed by atoms with Gasteiger partial charge in [-0.05, 0) is 60.5 Å². The average molecular weight is 413 g/mol. The highest BCUT2D eigenvalue weighted by Gasteiger charge is 2.10. The van der Waals surface area contributed by atoms with Crippen LogP contribution in [0.2, 0.25) is 0 Å². The normalized spacial score (nSPS) is 10.5. The summed E-state index contributed by atoms with van der Waals surface area (Å²) in [5.74, 6) is -0.643. The van der Waals surface area contributed by atoms with Crippen LogP contribution in [0.15, 0.2) is 78.9 Å². The lowest BCUT2D eigenvalue weighted by atomic mass is 10.1. The van der Waals surface area contributed by atoms with Crippen molar-refractivity contribution in [3.05, 3.63) is 95.6 Å². The van der Waals surface area contributed by atoms with Crippen molar-refractivity contribution >= 4 is 40.9 Å². The van der Waals surface area contributed by atoms with E-state index in [1.165, 1.54) is 13.0 Å². The largest absolute Gasteiger partial charge is 0.326 e. The molecule has 0 aromatic heterocycles. The van der Waals surface area contributed by atoms with E-state index in [1.807, 2.05) is 13.0 Å². The van der Waals surface area contributed by atoms with E-state index in [2.05, 4.69) is 16.0 Å². The van der Waals surface area contributed by atoms with E-state index in [0.29, 0.717) is 22.6 Å². The van der Waals surface area contributed by atoms with Crippen molar-refractivity contribution in [2.75, 3.05) is 16.0 Å². The number of hydrogen-bond donors (Lipinski definition) is 3. The molecule has 0 fully saturated rings. The van der Waals surface area contributed by atoms with Gasteiger partial charge in [0, 0.05) is 35.6 Å². The molecule has 0 saturated carbocycles. The van der Waals surface area contributed by atoms with Gasteiger partial charge in [-0.25, -0.2) is 0 Å². The summed E-state index contributed by atoms with van der Waals surface area (Å²) in [6.45, 7) is 3.28. The van der Waals surface area contributed by atoms with Crippen molar-refractivity contribution in [2.24, 2.45) is 0 Å². The van der Waals surface area contributed by atoms with Crippen LogP contribution in [0.4, 0.5) is 17.1 Å². The maximum atomic E-state index is 12.4. The fourth-order valence-corrected chi connectivity index (χ4v) is 2.92. The maximum absolute atomic E-state index is 12.4. The highest BCUT2D eigenvalue weighted by atomic mass is 16.2. The van der Waals surface area contributed by atoms with Crippen molar-refractivity contribution in [2.45, 2.75) is 13.8 Å². The van der Waals surface area contributed by atoms with Gasteiger partial charge >= 0.3 is 0 Å². The van der Waals surface area contributed by atoms with Crippen LogP contribution in [0.1, 0.15) is 28.4 Å². The number of nitrogens with one attached hydrogen (secondary N) is 3. The molecule has 0 aliphatic heterocycles. The van der Waals surface area contributed by atoms with Crippen LogP contribution >= 0.6 is 0 Å². The molecule has 0 unspecified atom stereocenters. The van der Waals surface area contributed by atoms with Gasteiger partial charge < -0.3 is 16.0 Å². The van der Waals surface area contributed by atoms with E-state index in [-0.39, 0.29) is 17.7 Å². The summed E-state index contributed by atoms with van der Waals surface area (Å²) in [6, 6.07) is 21.4. The van der Waals surface area contributed by atoms with Crippen LogP contribution in [0, 0.1) is 6.92 Å². The van der Waals surface area contributed by atoms with Crippen molar-refractivity contribution < 1.29 is 14.4 Å². The van der Waals surface area contributed by atoms with Crippen molar-refractivity contribution in [1.82, 2.24) is 0 Å². The number of carbonyl (C=O) groups is 3. The van der Waals surface area contributed by atoms with E-state index >= 15 is 0 Å². The molecule has 0 atom stereocenters.